The molecule has 1 atom stereocenters. The van der Waals surface area contributed by atoms with E-state index in [9.17, 15) is 0 Å². The van der Waals surface area contributed by atoms with E-state index in [0.717, 1.165) is 39.3 Å². The van der Waals surface area contributed by atoms with Gasteiger partial charge in [-0.15, -0.1) is 35.7 Å². The van der Waals surface area contributed by atoms with Gasteiger partial charge in [0.1, 0.15) is 5.82 Å². The molecule has 3 heterocycles. The Morgan fingerprint density at radius 3 is 2.09 bits per heavy atom. The molecule has 7 aromatic rings. The molecule has 7 rings (SSSR count). The fourth-order valence-electron chi connectivity index (χ4n) is 7.22. The van der Waals surface area contributed by atoms with E-state index in [2.05, 4.69) is 170 Å². The van der Waals surface area contributed by atoms with Crippen LogP contribution in [0.1, 0.15) is 116 Å². The molecular weight excluding hydrogens is 844 g/mol. The van der Waals surface area contributed by atoms with Gasteiger partial charge in [0.15, 0.2) is 0 Å². The van der Waals surface area contributed by atoms with E-state index in [1.165, 1.54) is 27.6 Å². The van der Waals surface area contributed by atoms with E-state index in [-0.39, 0.29) is 43.7 Å². The Morgan fingerprint density at radius 1 is 0.704 bits per heavy atom. The Balaban J connectivity index is 0.00000497. The van der Waals surface area contributed by atoms with Gasteiger partial charge in [-0.1, -0.05) is 124 Å². The van der Waals surface area contributed by atoms with Crippen LogP contribution >= 0.6 is 0 Å². The molecule has 0 aliphatic heterocycles. The van der Waals surface area contributed by atoms with Crippen LogP contribution in [0.15, 0.2) is 97.2 Å². The van der Waals surface area contributed by atoms with Crippen molar-refractivity contribution < 1.29 is 25.8 Å². The quantitative estimate of drug-likeness (QED) is 0.143. The molecule has 0 saturated heterocycles. The average molecular weight is 896 g/mol. The zero-order valence-electron chi connectivity index (χ0n) is 33.5. The minimum atomic E-state index is -0.0214. The SMILES string of the molecule is CC(C)c1nn(-c2[c-]c(Oc3[c-]c4c(cc3)c3cc(C(C)C(C)(C)C)ccc3n4-c3cc(C(C)(C)C)ccn3)ccc2)c(C(C)C)c1-c1ccccc1.[Pt+2]. The van der Waals surface area contributed by atoms with Gasteiger partial charge >= 0.3 is 21.1 Å². The summed E-state index contributed by atoms with van der Waals surface area (Å²) >= 11 is 0. The van der Waals surface area contributed by atoms with Crippen molar-refractivity contribution in [1.29, 1.82) is 0 Å². The molecule has 0 bridgehead atoms. The molecule has 6 heteroatoms. The Bertz CT molecular complexity index is 2420. The number of benzene rings is 4. The Morgan fingerprint density at radius 2 is 1.43 bits per heavy atom. The van der Waals surface area contributed by atoms with Crippen LogP contribution in [0.4, 0.5) is 0 Å². The maximum Gasteiger partial charge on any atom is 2.00 e. The second-order valence-electron chi connectivity index (χ2n) is 17.2. The van der Waals surface area contributed by atoms with Crippen molar-refractivity contribution in [3.05, 3.63) is 132 Å². The van der Waals surface area contributed by atoms with Gasteiger partial charge in [-0.2, -0.15) is 17.2 Å². The van der Waals surface area contributed by atoms with Crippen LogP contribution in [-0.4, -0.2) is 19.3 Å². The molecule has 0 radical (unpaired) electrons. The first-order valence-electron chi connectivity index (χ1n) is 19.0. The van der Waals surface area contributed by atoms with Gasteiger partial charge < -0.3 is 9.30 Å². The summed E-state index contributed by atoms with van der Waals surface area (Å²) in [5.74, 6) is 2.95. The summed E-state index contributed by atoms with van der Waals surface area (Å²) in [7, 11) is 0. The number of aromatic nitrogens is 4. The predicted octanol–water partition coefficient (Wildman–Crippen LogP) is 13.1. The van der Waals surface area contributed by atoms with Crippen LogP contribution in [0.3, 0.4) is 0 Å². The summed E-state index contributed by atoms with van der Waals surface area (Å²) in [6.45, 7) is 24.8. The maximum atomic E-state index is 6.60. The molecule has 5 nitrogen and oxygen atoms in total. The average Bonchev–Trinajstić information content (AvgIpc) is 3.68. The van der Waals surface area contributed by atoms with Crippen molar-refractivity contribution in [3.8, 4) is 34.1 Å². The first-order chi connectivity index (χ1) is 25.1. The van der Waals surface area contributed by atoms with Crippen LogP contribution in [0.5, 0.6) is 11.5 Å². The molecular formula is C48H52N4OPt. The molecule has 0 spiro atoms. The third-order valence-corrected chi connectivity index (χ3v) is 10.6. The second-order valence-corrected chi connectivity index (χ2v) is 17.2. The van der Waals surface area contributed by atoms with Crippen LogP contribution in [0.25, 0.3) is 44.4 Å². The van der Waals surface area contributed by atoms with E-state index in [1.54, 1.807) is 0 Å². The maximum absolute atomic E-state index is 6.60. The number of hydrogen-bond acceptors (Lipinski definition) is 3. The Labute approximate surface area is 336 Å². The minimum Gasteiger partial charge on any atom is -0.509 e. The van der Waals surface area contributed by atoms with Gasteiger partial charge in [0, 0.05) is 28.8 Å². The summed E-state index contributed by atoms with van der Waals surface area (Å²) in [5, 5.41) is 7.50. The molecule has 0 aliphatic carbocycles. The molecule has 0 saturated carbocycles. The first kappa shape index (κ1) is 39.2. The summed E-state index contributed by atoms with van der Waals surface area (Å²) in [4.78, 5) is 4.90. The zero-order valence-corrected chi connectivity index (χ0v) is 35.8. The van der Waals surface area contributed by atoms with E-state index < -0.39 is 0 Å². The Hall–Kier alpha value is -4.47. The predicted molar refractivity (Wildman–Crippen MR) is 220 cm³/mol. The van der Waals surface area contributed by atoms with Gasteiger partial charge in [-0.3, -0.25) is 4.68 Å². The molecule has 3 aromatic heterocycles. The van der Waals surface area contributed by atoms with E-state index in [0.29, 0.717) is 17.4 Å². The van der Waals surface area contributed by atoms with Crippen LogP contribution in [0, 0.1) is 17.5 Å². The molecule has 0 amide bonds. The van der Waals surface area contributed by atoms with Crippen molar-refractivity contribution >= 4 is 21.8 Å². The van der Waals surface area contributed by atoms with Gasteiger partial charge in [0.05, 0.1) is 11.4 Å². The summed E-state index contributed by atoms with van der Waals surface area (Å²) in [6.07, 6.45) is 1.92. The second kappa shape index (κ2) is 15.0. The number of ether oxygens (including phenoxy) is 1. The largest absolute Gasteiger partial charge is 2.00 e. The van der Waals surface area contributed by atoms with Crippen molar-refractivity contribution in [2.75, 3.05) is 0 Å². The number of pyridine rings is 1. The smallest absolute Gasteiger partial charge is 0.509 e. The molecule has 0 aliphatic rings. The summed E-state index contributed by atoms with van der Waals surface area (Å²) in [6, 6.07) is 39.2. The van der Waals surface area contributed by atoms with Gasteiger partial charge in [0.25, 0.3) is 0 Å². The van der Waals surface area contributed by atoms with Crippen LogP contribution < -0.4 is 4.74 Å². The van der Waals surface area contributed by atoms with Crippen LogP contribution in [0.2, 0.25) is 0 Å². The van der Waals surface area contributed by atoms with Crippen molar-refractivity contribution in [1.82, 2.24) is 19.3 Å². The Kier molecular flexibility index (Phi) is 10.9. The molecule has 0 fully saturated rings. The number of rotatable bonds is 8. The van der Waals surface area contributed by atoms with E-state index >= 15 is 0 Å². The number of fused-ring (bicyclic) bond motifs is 3. The zero-order chi connectivity index (χ0) is 37.8. The van der Waals surface area contributed by atoms with Crippen molar-refractivity contribution in [3.63, 3.8) is 0 Å². The minimum absolute atomic E-state index is 0. The normalized spacial score (nSPS) is 12.8. The first-order valence-corrected chi connectivity index (χ1v) is 19.0. The fraction of sp³-hybridized carbons (Fsp3) is 0.333. The van der Waals surface area contributed by atoms with Crippen molar-refractivity contribution in [2.24, 2.45) is 5.41 Å². The number of hydrogen-bond donors (Lipinski definition) is 0. The fourth-order valence-corrected chi connectivity index (χ4v) is 7.22. The van der Waals surface area contributed by atoms with Gasteiger partial charge in [-0.05, 0) is 74.5 Å². The van der Waals surface area contributed by atoms with E-state index in [1.807, 2.05) is 24.4 Å². The molecule has 4 aromatic carbocycles. The monoisotopic (exact) mass is 895 g/mol. The van der Waals surface area contributed by atoms with Crippen LogP contribution in [-0.2, 0) is 26.5 Å². The molecule has 0 N–H and O–H groups in total. The molecule has 1 unspecified atom stereocenters. The van der Waals surface area contributed by atoms with E-state index in [4.69, 9.17) is 14.8 Å². The number of nitrogens with zero attached hydrogens (tertiary/aromatic N) is 4. The van der Waals surface area contributed by atoms with Gasteiger partial charge in [-0.25, -0.2) is 4.98 Å². The topological polar surface area (TPSA) is 44.9 Å². The third-order valence-electron chi connectivity index (χ3n) is 10.6. The van der Waals surface area contributed by atoms with Crippen molar-refractivity contribution in [2.45, 2.75) is 99.3 Å². The summed E-state index contributed by atoms with van der Waals surface area (Å²) in [5.41, 5.74) is 10.2. The summed E-state index contributed by atoms with van der Waals surface area (Å²) < 4.78 is 10.9. The molecule has 54 heavy (non-hydrogen) atoms. The molecule has 280 valence electrons. The van der Waals surface area contributed by atoms with Gasteiger partial charge in [0.2, 0.25) is 0 Å². The standard InChI is InChI=1S/C48H52N4O.Pt/c1-30(2)45-44(33-16-13-12-14-17-33)46(31(3)4)52(50-45)36-18-15-19-37(28-36)53-38-21-22-39-40-26-34(32(5)47(6,7)8)20-23-41(40)51(42(39)29-38)43-27-35(24-25-49-43)48(9,10)11;/h12-27,30-32H,1-11H3;/q-2;+2. The third kappa shape index (κ3) is 7.45.